The van der Waals surface area contributed by atoms with Crippen LogP contribution in [0.15, 0.2) is 83.8 Å². The van der Waals surface area contributed by atoms with Gasteiger partial charge in [-0.25, -0.2) is 9.48 Å². The Bertz CT molecular complexity index is 1410. The van der Waals surface area contributed by atoms with Crippen LogP contribution in [0.3, 0.4) is 0 Å². The molecule has 5 rings (SSSR count). The maximum atomic E-state index is 13.4. The fraction of sp³-hybridized carbons (Fsp3) is 0.276. The van der Waals surface area contributed by atoms with Gasteiger partial charge in [-0.2, -0.15) is 5.10 Å². The van der Waals surface area contributed by atoms with Crippen LogP contribution in [0.1, 0.15) is 30.1 Å². The average molecular weight is 514 g/mol. The number of aromatic amines is 1. The van der Waals surface area contributed by atoms with Gasteiger partial charge in [0, 0.05) is 37.1 Å². The Morgan fingerprint density at radius 3 is 2.53 bits per heavy atom. The molecule has 1 unspecified atom stereocenters. The molecule has 1 aliphatic heterocycles. The first-order valence-electron chi connectivity index (χ1n) is 12.6. The Morgan fingerprint density at radius 1 is 1.11 bits per heavy atom. The third-order valence-corrected chi connectivity index (χ3v) is 6.72. The number of pyridine rings is 1. The fourth-order valence-corrected chi connectivity index (χ4v) is 4.83. The molecule has 1 saturated heterocycles. The van der Waals surface area contributed by atoms with E-state index in [0.717, 1.165) is 28.8 Å². The summed E-state index contributed by atoms with van der Waals surface area (Å²) in [5.74, 6) is 0.543. The average Bonchev–Trinajstić information content (AvgIpc) is 3.49. The zero-order chi connectivity index (χ0) is 26.5. The number of carbonyl (C=O) groups is 1. The third-order valence-electron chi connectivity index (χ3n) is 6.72. The molecule has 2 amide bonds. The lowest BCUT2D eigenvalue weighted by Crippen LogP contribution is -2.40. The second-order valence-electron chi connectivity index (χ2n) is 9.32. The third kappa shape index (κ3) is 5.53. The number of rotatable bonds is 8. The summed E-state index contributed by atoms with van der Waals surface area (Å²) < 4.78 is 13.3. The molecule has 3 atom stereocenters. The van der Waals surface area contributed by atoms with Gasteiger partial charge in [-0.15, -0.1) is 0 Å². The summed E-state index contributed by atoms with van der Waals surface area (Å²) in [5, 5.41) is 11.0. The number of nitrogens with zero attached hydrogens (tertiary/aromatic N) is 2. The van der Waals surface area contributed by atoms with Gasteiger partial charge in [0.15, 0.2) is 0 Å². The summed E-state index contributed by atoms with van der Waals surface area (Å²) in [7, 11) is 1.67. The Kier molecular flexibility index (Phi) is 7.67. The number of ether oxygens (including phenoxy) is 2. The van der Waals surface area contributed by atoms with Crippen LogP contribution in [0.4, 0.5) is 10.6 Å². The van der Waals surface area contributed by atoms with E-state index in [1.165, 1.54) is 6.07 Å². The Hall–Kier alpha value is -4.21. The van der Waals surface area contributed by atoms with E-state index in [1.807, 2.05) is 67.6 Å². The highest BCUT2D eigenvalue weighted by molar-refractivity contribution is 5.91. The van der Waals surface area contributed by atoms with Crippen molar-refractivity contribution < 1.29 is 14.3 Å². The van der Waals surface area contributed by atoms with Crippen LogP contribution in [0, 0.1) is 6.92 Å². The van der Waals surface area contributed by atoms with E-state index < -0.39 is 0 Å². The molecule has 2 aromatic carbocycles. The highest BCUT2D eigenvalue weighted by Crippen LogP contribution is 2.35. The van der Waals surface area contributed by atoms with Crippen molar-refractivity contribution in [3.05, 3.63) is 100 Å². The van der Waals surface area contributed by atoms with E-state index in [0.29, 0.717) is 24.5 Å². The summed E-state index contributed by atoms with van der Waals surface area (Å²) in [6.45, 7) is 2.49. The number of benzene rings is 2. The number of amides is 2. The quantitative estimate of drug-likeness (QED) is 0.319. The molecular formula is C29H31N5O4. The number of H-pyrrole nitrogens is 1. The van der Waals surface area contributed by atoms with Gasteiger partial charge in [-0.1, -0.05) is 48.5 Å². The molecule has 38 heavy (non-hydrogen) atoms. The van der Waals surface area contributed by atoms with Crippen LogP contribution in [0.2, 0.25) is 0 Å². The number of carbonyl (C=O) groups excluding carboxylic acids is 1. The molecule has 0 radical (unpaired) electrons. The lowest BCUT2D eigenvalue weighted by Gasteiger charge is -2.21. The Morgan fingerprint density at radius 2 is 1.84 bits per heavy atom. The number of hydrogen-bond acceptors (Lipinski definition) is 5. The predicted molar refractivity (Wildman–Crippen MR) is 145 cm³/mol. The second kappa shape index (κ2) is 11.5. The minimum absolute atomic E-state index is 0.0196. The molecule has 0 bridgehead atoms. The highest BCUT2D eigenvalue weighted by atomic mass is 16.5. The monoisotopic (exact) mass is 513 g/mol. The zero-order valence-electron chi connectivity index (χ0n) is 21.4. The van der Waals surface area contributed by atoms with Crippen LogP contribution in [-0.2, 0) is 9.47 Å². The van der Waals surface area contributed by atoms with Crippen LogP contribution >= 0.6 is 0 Å². The molecule has 0 spiro atoms. The summed E-state index contributed by atoms with van der Waals surface area (Å²) in [4.78, 5) is 27.7. The van der Waals surface area contributed by atoms with E-state index in [4.69, 9.17) is 14.6 Å². The number of nitrogens with one attached hydrogen (secondary N) is 3. The maximum Gasteiger partial charge on any atom is 0.320 e. The van der Waals surface area contributed by atoms with E-state index in [-0.39, 0.29) is 29.8 Å². The normalized spacial score (nSPS) is 18.8. The molecule has 3 N–H and O–H groups in total. The Balaban J connectivity index is 1.42. The standard InChI is InChI=1S/C29H31N5O4/c1-19-26(21-13-14-25(35)30-18-21)33-34(22-11-7-4-8-12-22)28(19)32-29(36)31-24-17-23(15-16-37-2)38-27(24)20-9-5-3-6-10-20/h3-14,18,23-24,27H,15-17H2,1-2H3,(H,30,35)(H2,31,32,36)/t23?,24-,27+/m1/s1. The number of aromatic nitrogens is 3. The molecule has 3 heterocycles. The molecule has 1 aliphatic rings. The van der Waals surface area contributed by atoms with Crippen molar-refractivity contribution in [3.8, 4) is 16.9 Å². The Labute approximate surface area is 220 Å². The lowest BCUT2D eigenvalue weighted by atomic mass is 10.0. The van der Waals surface area contributed by atoms with E-state index in [1.54, 1.807) is 24.1 Å². The number of methoxy groups -OCH3 is 1. The number of para-hydroxylation sites is 1. The minimum atomic E-state index is -0.347. The predicted octanol–water partition coefficient (Wildman–Crippen LogP) is 4.59. The molecular weight excluding hydrogens is 482 g/mol. The first kappa shape index (κ1) is 25.4. The molecule has 0 saturated carbocycles. The van der Waals surface area contributed by atoms with Gasteiger partial charge in [0.1, 0.15) is 11.9 Å². The van der Waals surface area contributed by atoms with Gasteiger partial charge in [0.25, 0.3) is 0 Å². The number of anilines is 1. The smallest absolute Gasteiger partial charge is 0.320 e. The lowest BCUT2D eigenvalue weighted by molar-refractivity contribution is 0.0212. The summed E-state index contributed by atoms with van der Waals surface area (Å²) in [5.41, 5.74) is 3.80. The van der Waals surface area contributed by atoms with Crippen LogP contribution < -0.4 is 16.2 Å². The number of urea groups is 1. The van der Waals surface area contributed by atoms with Crippen LogP contribution in [0.5, 0.6) is 0 Å². The van der Waals surface area contributed by atoms with Gasteiger partial charge >= 0.3 is 6.03 Å². The summed E-state index contributed by atoms with van der Waals surface area (Å²) in [6.07, 6.45) is 2.77. The fourth-order valence-electron chi connectivity index (χ4n) is 4.83. The molecule has 1 fully saturated rings. The van der Waals surface area contributed by atoms with E-state index in [9.17, 15) is 9.59 Å². The van der Waals surface area contributed by atoms with Crippen molar-refractivity contribution in [1.29, 1.82) is 0 Å². The van der Waals surface area contributed by atoms with Crippen molar-refractivity contribution in [2.75, 3.05) is 19.0 Å². The highest BCUT2D eigenvalue weighted by Gasteiger charge is 2.37. The van der Waals surface area contributed by atoms with Gasteiger partial charge in [-0.05, 0) is 43.5 Å². The van der Waals surface area contributed by atoms with E-state index >= 15 is 0 Å². The van der Waals surface area contributed by atoms with Gasteiger partial charge < -0.3 is 19.8 Å². The molecule has 9 heteroatoms. The molecule has 0 aliphatic carbocycles. The first-order valence-corrected chi connectivity index (χ1v) is 12.6. The first-order chi connectivity index (χ1) is 18.5. The van der Waals surface area contributed by atoms with Crippen LogP contribution in [0.25, 0.3) is 16.9 Å². The SMILES string of the molecule is COCCC1C[C@@H](NC(=O)Nc2c(C)c(-c3ccc(=O)[nH]c3)nn2-c2ccccc2)[C@H](c2ccccc2)O1. The van der Waals surface area contributed by atoms with Gasteiger partial charge in [0.2, 0.25) is 5.56 Å². The second-order valence-corrected chi connectivity index (χ2v) is 9.32. The van der Waals surface area contributed by atoms with Crippen molar-refractivity contribution in [3.63, 3.8) is 0 Å². The summed E-state index contributed by atoms with van der Waals surface area (Å²) in [6, 6.07) is 22.1. The van der Waals surface area contributed by atoms with Crippen molar-refractivity contribution in [1.82, 2.24) is 20.1 Å². The molecule has 4 aromatic rings. The largest absolute Gasteiger partial charge is 0.385 e. The minimum Gasteiger partial charge on any atom is -0.385 e. The summed E-state index contributed by atoms with van der Waals surface area (Å²) >= 11 is 0. The van der Waals surface area contributed by atoms with Crippen molar-refractivity contribution >= 4 is 11.8 Å². The van der Waals surface area contributed by atoms with Crippen LogP contribution in [-0.4, -0.2) is 46.7 Å². The zero-order valence-corrected chi connectivity index (χ0v) is 21.4. The molecule has 2 aromatic heterocycles. The van der Waals surface area contributed by atoms with Gasteiger partial charge in [-0.3, -0.25) is 10.1 Å². The maximum absolute atomic E-state index is 13.4. The molecule has 196 valence electrons. The number of hydrogen-bond donors (Lipinski definition) is 3. The van der Waals surface area contributed by atoms with Crippen molar-refractivity contribution in [2.45, 2.75) is 38.0 Å². The van der Waals surface area contributed by atoms with Crippen molar-refractivity contribution in [2.24, 2.45) is 0 Å². The van der Waals surface area contributed by atoms with Gasteiger partial charge in [0.05, 0.1) is 23.5 Å². The topological polar surface area (TPSA) is 110 Å². The van der Waals surface area contributed by atoms with E-state index in [2.05, 4.69) is 15.6 Å². The molecule has 9 nitrogen and oxygen atoms in total.